The summed E-state index contributed by atoms with van der Waals surface area (Å²) < 4.78 is 18.4. The molecular weight excluding hydrogens is 447 g/mol. The lowest BCUT2D eigenvalue weighted by atomic mass is 9.89. The van der Waals surface area contributed by atoms with Gasteiger partial charge in [-0.1, -0.05) is 47.5 Å². The van der Waals surface area contributed by atoms with E-state index in [1.54, 1.807) is 6.07 Å². The number of aryl methyl sites for hydroxylation is 2. The van der Waals surface area contributed by atoms with Crippen molar-refractivity contribution in [2.75, 3.05) is 18.0 Å². The van der Waals surface area contributed by atoms with E-state index in [-0.39, 0.29) is 5.02 Å². The molecule has 5 aromatic rings. The van der Waals surface area contributed by atoms with Gasteiger partial charge >= 0.3 is 0 Å². The van der Waals surface area contributed by atoms with Crippen molar-refractivity contribution in [2.45, 2.75) is 12.8 Å². The summed E-state index contributed by atoms with van der Waals surface area (Å²) in [5.41, 5.74) is 7.42. The van der Waals surface area contributed by atoms with Crippen molar-refractivity contribution in [1.29, 1.82) is 0 Å². The molecule has 0 radical (unpaired) electrons. The zero-order valence-corrected chi connectivity index (χ0v) is 19.8. The Balaban J connectivity index is 1.44. The van der Waals surface area contributed by atoms with Crippen molar-refractivity contribution in [1.82, 2.24) is 14.3 Å². The molecular formula is C28H24ClFN4. The molecule has 0 N–H and O–H groups in total. The fraction of sp³-hybridized carbons (Fsp3) is 0.179. The van der Waals surface area contributed by atoms with Gasteiger partial charge in [0.1, 0.15) is 5.82 Å². The van der Waals surface area contributed by atoms with Crippen LogP contribution < -0.4 is 4.90 Å². The van der Waals surface area contributed by atoms with Crippen molar-refractivity contribution < 1.29 is 4.39 Å². The zero-order valence-electron chi connectivity index (χ0n) is 19.0. The number of hydrogen-bond donors (Lipinski definition) is 0. The average Bonchev–Trinajstić information content (AvgIpc) is 3.39. The van der Waals surface area contributed by atoms with Crippen LogP contribution in [0.1, 0.15) is 17.0 Å². The van der Waals surface area contributed by atoms with Gasteiger partial charge in [-0.2, -0.15) is 5.10 Å². The lowest BCUT2D eigenvalue weighted by molar-refractivity contribution is 0.525. The highest BCUT2D eigenvalue weighted by Crippen LogP contribution is 2.40. The molecule has 0 unspecified atom stereocenters. The van der Waals surface area contributed by atoms with Crippen LogP contribution in [-0.2, 0) is 7.05 Å². The number of halogens is 2. The first kappa shape index (κ1) is 21.0. The van der Waals surface area contributed by atoms with Gasteiger partial charge in [0.15, 0.2) is 0 Å². The molecule has 0 aliphatic carbocycles. The Bertz CT molecular complexity index is 1510. The summed E-state index contributed by atoms with van der Waals surface area (Å²) >= 11 is 6.44. The lowest BCUT2D eigenvalue weighted by Gasteiger charge is -2.40. The second kappa shape index (κ2) is 8.03. The van der Waals surface area contributed by atoms with Gasteiger partial charge in [0, 0.05) is 60.6 Å². The van der Waals surface area contributed by atoms with Crippen molar-refractivity contribution in [3.05, 3.63) is 101 Å². The van der Waals surface area contributed by atoms with E-state index in [9.17, 15) is 4.39 Å². The Morgan fingerprint density at radius 2 is 1.74 bits per heavy atom. The number of rotatable bonds is 4. The smallest absolute Gasteiger partial charge is 0.142 e. The topological polar surface area (TPSA) is 26.0 Å². The van der Waals surface area contributed by atoms with Crippen LogP contribution in [0.15, 0.2) is 79.3 Å². The third-order valence-corrected chi connectivity index (χ3v) is 7.18. The normalized spacial score (nSPS) is 14.1. The van der Waals surface area contributed by atoms with E-state index < -0.39 is 5.82 Å². The summed E-state index contributed by atoms with van der Waals surface area (Å²) in [5, 5.41) is 5.51. The third-order valence-electron chi connectivity index (χ3n) is 6.79. The predicted octanol–water partition coefficient (Wildman–Crippen LogP) is 6.74. The highest BCUT2D eigenvalue weighted by Gasteiger charge is 2.29. The summed E-state index contributed by atoms with van der Waals surface area (Å²) in [6.45, 7) is 3.98. The fourth-order valence-corrected chi connectivity index (χ4v) is 5.05. The molecule has 0 bridgehead atoms. The minimum atomic E-state index is -0.405. The Morgan fingerprint density at radius 3 is 2.47 bits per heavy atom. The van der Waals surface area contributed by atoms with Crippen molar-refractivity contribution >= 4 is 28.2 Å². The van der Waals surface area contributed by atoms with E-state index in [1.807, 2.05) is 30.2 Å². The van der Waals surface area contributed by atoms with E-state index in [0.717, 1.165) is 40.9 Å². The van der Waals surface area contributed by atoms with Gasteiger partial charge in [-0.15, -0.1) is 0 Å². The maximum Gasteiger partial charge on any atom is 0.142 e. The molecule has 1 aliphatic heterocycles. The quantitative estimate of drug-likeness (QED) is 0.291. The molecule has 2 aromatic heterocycles. The maximum atomic E-state index is 14.4. The molecule has 6 rings (SSSR count). The Morgan fingerprint density at radius 1 is 0.941 bits per heavy atom. The second-order valence-corrected chi connectivity index (χ2v) is 9.48. The highest BCUT2D eigenvalue weighted by atomic mass is 35.5. The highest BCUT2D eigenvalue weighted by molar-refractivity contribution is 6.34. The largest absolute Gasteiger partial charge is 0.368 e. The van der Waals surface area contributed by atoms with Gasteiger partial charge in [0.2, 0.25) is 0 Å². The van der Waals surface area contributed by atoms with Gasteiger partial charge in [0.25, 0.3) is 0 Å². The van der Waals surface area contributed by atoms with Crippen LogP contribution in [0.4, 0.5) is 10.1 Å². The van der Waals surface area contributed by atoms with Crippen LogP contribution in [0.2, 0.25) is 5.02 Å². The first-order valence-corrected chi connectivity index (χ1v) is 11.8. The fourth-order valence-electron chi connectivity index (χ4n) is 4.82. The molecule has 1 aliphatic rings. The molecule has 0 atom stereocenters. The summed E-state index contributed by atoms with van der Waals surface area (Å²) in [6.07, 6.45) is 6.03. The molecule has 1 fully saturated rings. The third kappa shape index (κ3) is 3.48. The summed E-state index contributed by atoms with van der Waals surface area (Å²) in [5.74, 6) is 0.0285. The SMILES string of the molecule is Cc1ccc(-n2cc(-c3cccc(F)c3Cl)c3cc(C4CN(c5cnn(C)c5)C4)ccc32)cc1. The van der Waals surface area contributed by atoms with Crippen LogP contribution in [0.5, 0.6) is 0 Å². The number of benzene rings is 3. The molecule has 6 heteroatoms. The molecule has 0 spiro atoms. The standard InChI is InChI=1S/C28H24ClFN4/c1-18-6-9-21(10-7-18)34-17-25(23-4-3-5-26(30)28(23)29)24-12-19(8-11-27(24)34)20-14-33(15-20)22-13-31-32(2)16-22/h3-13,16-17,20H,14-15H2,1-2H3. The minimum Gasteiger partial charge on any atom is -0.368 e. The van der Waals surface area contributed by atoms with Gasteiger partial charge in [-0.3, -0.25) is 4.68 Å². The number of anilines is 1. The van der Waals surface area contributed by atoms with E-state index in [2.05, 4.69) is 70.2 Å². The first-order valence-electron chi connectivity index (χ1n) is 11.4. The van der Waals surface area contributed by atoms with Crippen molar-refractivity contribution in [3.8, 4) is 16.8 Å². The monoisotopic (exact) mass is 470 g/mol. The Kier molecular flexibility index (Phi) is 4.96. The number of fused-ring (bicyclic) bond motifs is 1. The number of hydrogen-bond acceptors (Lipinski definition) is 2. The van der Waals surface area contributed by atoms with Gasteiger partial charge < -0.3 is 9.47 Å². The Labute approximate surface area is 202 Å². The van der Waals surface area contributed by atoms with Gasteiger partial charge in [-0.25, -0.2) is 4.39 Å². The van der Waals surface area contributed by atoms with Crippen LogP contribution in [0.3, 0.4) is 0 Å². The zero-order chi connectivity index (χ0) is 23.4. The molecule has 0 saturated carbocycles. The van der Waals surface area contributed by atoms with Crippen molar-refractivity contribution in [2.24, 2.45) is 7.05 Å². The van der Waals surface area contributed by atoms with Crippen molar-refractivity contribution in [3.63, 3.8) is 0 Å². The molecule has 0 amide bonds. The van der Waals surface area contributed by atoms with Gasteiger partial charge in [-0.05, 0) is 42.8 Å². The lowest BCUT2D eigenvalue weighted by Crippen LogP contribution is -2.44. The molecule has 1 saturated heterocycles. The van der Waals surface area contributed by atoms with Gasteiger partial charge in [0.05, 0.1) is 22.4 Å². The average molecular weight is 471 g/mol. The van der Waals surface area contributed by atoms with E-state index in [4.69, 9.17) is 11.6 Å². The van der Waals surface area contributed by atoms with Crippen LogP contribution in [0, 0.1) is 12.7 Å². The van der Waals surface area contributed by atoms with E-state index in [1.165, 1.54) is 17.2 Å². The summed E-state index contributed by atoms with van der Waals surface area (Å²) in [4.78, 5) is 2.34. The first-order chi connectivity index (χ1) is 16.5. The molecule has 170 valence electrons. The number of nitrogens with zero attached hydrogens (tertiary/aromatic N) is 4. The molecule has 3 heterocycles. The Hall–Kier alpha value is -3.57. The maximum absolute atomic E-state index is 14.4. The second-order valence-electron chi connectivity index (χ2n) is 9.10. The van der Waals surface area contributed by atoms with E-state index >= 15 is 0 Å². The molecule has 4 nitrogen and oxygen atoms in total. The van der Waals surface area contributed by atoms with Crippen LogP contribution in [0.25, 0.3) is 27.7 Å². The molecule has 3 aromatic carbocycles. The summed E-state index contributed by atoms with van der Waals surface area (Å²) in [6, 6.07) is 20.1. The van der Waals surface area contributed by atoms with Crippen LogP contribution in [-0.4, -0.2) is 27.4 Å². The van der Waals surface area contributed by atoms with Crippen LogP contribution >= 0.6 is 11.6 Å². The summed E-state index contributed by atoms with van der Waals surface area (Å²) in [7, 11) is 1.94. The number of aromatic nitrogens is 3. The predicted molar refractivity (Wildman–Crippen MR) is 137 cm³/mol. The molecule has 34 heavy (non-hydrogen) atoms. The minimum absolute atomic E-state index is 0.155. The van der Waals surface area contributed by atoms with E-state index in [0.29, 0.717) is 11.5 Å².